The molecular weight excluding hydrogens is 346 g/mol. The van der Waals surface area contributed by atoms with E-state index in [1.807, 2.05) is 18.2 Å². The van der Waals surface area contributed by atoms with Crippen LogP contribution in [0.4, 0.5) is 0 Å². The van der Waals surface area contributed by atoms with Crippen molar-refractivity contribution in [3.63, 3.8) is 0 Å². The van der Waals surface area contributed by atoms with Gasteiger partial charge in [-0.25, -0.2) is 0 Å². The Balaban J connectivity index is 1.73. The van der Waals surface area contributed by atoms with Crippen LogP contribution in [0.5, 0.6) is 0 Å². The summed E-state index contributed by atoms with van der Waals surface area (Å²) in [7, 11) is 1.74. The molecule has 1 atom stereocenters. The maximum absolute atomic E-state index is 9.16. The number of ether oxygens (including phenoxy) is 1. The highest BCUT2D eigenvalue weighted by atomic mass is 16.5. The summed E-state index contributed by atoms with van der Waals surface area (Å²) in [6, 6.07) is 23.2. The summed E-state index contributed by atoms with van der Waals surface area (Å²) in [6.07, 6.45) is 2.15. The fourth-order valence-electron chi connectivity index (χ4n) is 3.44. The zero-order chi connectivity index (χ0) is 19.8. The van der Waals surface area contributed by atoms with Crippen LogP contribution in [0.2, 0.25) is 0 Å². The van der Waals surface area contributed by atoms with Gasteiger partial charge < -0.3 is 14.2 Å². The standard InChI is InChI=1S/C24H27N3O/c1-20-8-10-21(11-9-20)18-27-12-4-7-24(27)19-26(13-14-28-2)17-23-6-3-5-22(15-23)16-25/h3-12,15H,13-14,17-19H2,1-2H3/p+1. The molecule has 0 spiro atoms. The summed E-state index contributed by atoms with van der Waals surface area (Å²) >= 11 is 0. The third kappa shape index (κ3) is 5.56. The molecule has 0 aliphatic rings. The topological polar surface area (TPSA) is 42.4 Å². The second-order valence-corrected chi connectivity index (χ2v) is 7.27. The van der Waals surface area contributed by atoms with Crippen LogP contribution in [0.25, 0.3) is 0 Å². The average molecular weight is 375 g/mol. The van der Waals surface area contributed by atoms with Gasteiger partial charge in [0, 0.05) is 25.4 Å². The van der Waals surface area contributed by atoms with Crippen LogP contribution in [0.15, 0.2) is 66.9 Å². The zero-order valence-corrected chi connectivity index (χ0v) is 16.7. The smallest absolute Gasteiger partial charge is 0.118 e. The Morgan fingerprint density at radius 1 is 1.00 bits per heavy atom. The largest absolute Gasteiger partial charge is 0.379 e. The Labute approximate surface area is 167 Å². The molecule has 0 aliphatic heterocycles. The molecule has 0 fully saturated rings. The van der Waals surface area contributed by atoms with E-state index in [1.54, 1.807) is 7.11 Å². The molecular formula is C24H28N3O+. The van der Waals surface area contributed by atoms with E-state index in [0.29, 0.717) is 12.2 Å². The van der Waals surface area contributed by atoms with Gasteiger partial charge in [-0.3, -0.25) is 0 Å². The lowest BCUT2D eigenvalue weighted by molar-refractivity contribution is -0.928. The summed E-state index contributed by atoms with van der Waals surface area (Å²) in [4.78, 5) is 1.42. The number of rotatable bonds is 9. The Hall–Kier alpha value is -2.87. The molecule has 0 saturated carbocycles. The fraction of sp³-hybridized carbons (Fsp3) is 0.292. The van der Waals surface area contributed by atoms with Crippen LogP contribution in [0, 0.1) is 18.3 Å². The van der Waals surface area contributed by atoms with Crippen molar-refractivity contribution in [2.75, 3.05) is 20.3 Å². The maximum Gasteiger partial charge on any atom is 0.118 e. The summed E-state index contributed by atoms with van der Waals surface area (Å²) < 4.78 is 7.65. The van der Waals surface area contributed by atoms with Crippen LogP contribution in [-0.2, 0) is 24.4 Å². The number of hydrogen-bond donors (Lipinski definition) is 1. The van der Waals surface area contributed by atoms with Gasteiger partial charge in [0.25, 0.3) is 0 Å². The number of nitrogens with one attached hydrogen (secondary N) is 1. The summed E-state index contributed by atoms with van der Waals surface area (Å²) in [5, 5.41) is 9.16. The van der Waals surface area contributed by atoms with E-state index < -0.39 is 0 Å². The van der Waals surface area contributed by atoms with Crippen molar-refractivity contribution in [1.29, 1.82) is 5.26 Å². The van der Waals surface area contributed by atoms with Gasteiger partial charge in [-0.1, -0.05) is 42.0 Å². The van der Waals surface area contributed by atoms with Gasteiger partial charge in [0.05, 0.1) is 23.9 Å². The van der Waals surface area contributed by atoms with Crippen molar-refractivity contribution < 1.29 is 9.64 Å². The first kappa shape index (κ1) is 19.9. The van der Waals surface area contributed by atoms with Crippen molar-refractivity contribution >= 4 is 0 Å². The zero-order valence-electron chi connectivity index (χ0n) is 16.7. The lowest BCUT2D eigenvalue weighted by Crippen LogP contribution is -3.10. The minimum atomic E-state index is 0.714. The minimum Gasteiger partial charge on any atom is -0.379 e. The molecule has 2 aromatic carbocycles. The quantitative estimate of drug-likeness (QED) is 0.626. The molecule has 0 amide bonds. The molecule has 144 valence electrons. The number of nitriles is 1. The van der Waals surface area contributed by atoms with Crippen LogP contribution in [0.1, 0.15) is 27.9 Å². The molecule has 1 aromatic heterocycles. The number of quaternary nitrogens is 1. The Morgan fingerprint density at radius 2 is 1.82 bits per heavy atom. The average Bonchev–Trinajstić information content (AvgIpc) is 3.14. The maximum atomic E-state index is 9.16. The van der Waals surface area contributed by atoms with Crippen molar-refractivity contribution in [1.82, 2.24) is 4.57 Å². The molecule has 28 heavy (non-hydrogen) atoms. The first-order valence-electron chi connectivity index (χ1n) is 9.69. The highest BCUT2D eigenvalue weighted by Crippen LogP contribution is 2.09. The van der Waals surface area contributed by atoms with E-state index in [-0.39, 0.29) is 0 Å². The lowest BCUT2D eigenvalue weighted by Gasteiger charge is -2.20. The van der Waals surface area contributed by atoms with Crippen molar-refractivity contribution in [3.05, 3.63) is 94.8 Å². The van der Waals surface area contributed by atoms with E-state index in [4.69, 9.17) is 10.00 Å². The van der Waals surface area contributed by atoms with E-state index in [9.17, 15) is 0 Å². The van der Waals surface area contributed by atoms with Crippen LogP contribution in [0.3, 0.4) is 0 Å². The van der Waals surface area contributed by atoms with Crippen LogP contribution < -0.4 is 4.90 Å². The number of hydrogen-bond acceptors (Lipinski definition) is 2. The number of benzene rings is 2. The van der Waals surface area contributed by atoms with Gasteiger partial charge in [-0.05, 0) is 36.8 Å². The first-order chi connectivity index (χ1) is 13.7. The van der Waals surface area contributed by atoms with Gasteiger partial charge >= 0.3 is 0 Å². The van der Waals surface area contributed by atoms with Crippen molar-refractivity contribution in [2.45, 2.75) is 26.6 Å². The SMILES string of the molecule is COCC[NH+](Cc1cccc(C#N)c1)Cc1cccn1Cc1ccc(C)cc1. The van der Waals surface area contributed by atoms with Gasteiger partial charge in [-0.15, -0.1) is 0 Å². The summed E-state index contributed by atoms with van der Waals surface area (Å²) in [6.45, 7) is 6.41. The van der Waals surface area contributed by atoms with Gasteiger partial charge in [-0.2, -0.15) is 5.26 Å². The second kappa shape index (κ2) is 9.89. The molecule has 0 radical (unpaired) electrons. The third-order valence-corrected chi connectivity index (χ3v) is 5.00. The second-order valence-electron chi connectivity index (χ2n) is 7.27. The van der Waals surface area contributed by atoms with Gasteiger partial charge in [0.15, 0.2) is 0 Å². The lowest BCUT2D eigenvalue weighted by atomic mass is 10.1. The molecule has 0 bridgehead atoms. The molecule has 4 heteroatoms. The van der Waals surface area contributed by atoms with E-state index in [0.717, 1.165) is 26.2 Å². The monoisotopic (exact) mass is 374 g/mol. The van der Waals surface area contributed by atoms with E-state index in [2.05, 4.69) is 66.2 Å². The fourth-order valence-corrected chi connectivity index (χ4v) is 3.44. The molecule has 0 saturated heterocycles. The van der Waals surface area contributed by atoms with Gasteiger partial charge in [0.2, 0.25) is 0 Å². The molecule has 1 unspecified atom stereocenters. The Bertz CT molecular complexity index is 922. The highest BCUT2D eigenvalue weighted by Gasteiger charge is 2.14. The highest BCUT2D eigenvalue weighted by molar-refractivity contribution is 5.32. The molecule has 4 nitrogen and oxygen atoms in total. The number of methoxy groups -OCH3 is 1. The van der Waals surface area contributed by atoms with Crippen molar-refractivity contribution in [3.8, 4) is 6.07 Å². The molecule has 3 aromatic rings. The predicted molar refractivity (Wildman–Crippen MR) is 111 cm³/mol. The van der Waals surface area contributed by atoms with Crippen LogP contribution >= 0.6 is 0 Å². The molecule has 3 rings (SSSR count). The third-order valence-electron chi connectivity index (χ3n) is 5.00. The molecule has 1 heterocycles. The summed E-state index contributed by atoms with van der Waals surface area (Å²) in [5.41, 5.74) is 5.80. The number of nitrogens with zero attached hydrogens (tertiary/aromatic N) is 2. The predicted octanol–water partition coefficient (Wildman–Crippen LogP) is 2.95. The van der Waals surface area contributed by atoms with Gasteiger partial charge in [0.1, 0.15) is 19.6 Å². The number of aromatic nitrogens is 1. The van der Waals surface area contributed by atoms with E-state index in [1.165, 1.54) is 27.3 Å². The molecule has 1 N–H and O–H groups in total. The van der Waals surface area contributed by atoms with Crippen molar-refractivity contribution in [2.24, 2.45) is 0 Å². The normalized spacial score (nSPS) is 11.9. The molecule has 0 aliphatic carbocycles. The Kier molecular flexibility index (Phi) is 7.02. The summed E-state index contributed by atoms with van der Waals surface area (Å²) in [5.74, 6) is 0. The number of aryl methyl sites for hydroxylation is 1. The first-order valence-corrected chi connectivity index (χ1v) is 9.69. The van der Waals surface area contributed by atoms with Crippen LogP contribution in [-0.4, -0.2) is 24.8 Å². The minimum absolute atomic E-state index is 0.714. The Morgan fingerprint density at radius 3 is 2.57 bits per heavy atom. The van der Waals surface area contributed by atoms with E-state index >= 15 is 0 Å².